The molecular weight excluding hydrogens is 336 g/mol. The SMILES string of the molecule is C=CC(=C)C1=C2NC(/C=C/OC)C(O)c3cnc4cccc(c4c32)C1(C)C. The van der Waals surface area contributed by atoms with E-state index in [0.29, 0.717) is 0 Å². The van der Waals surface area contributed by atoms with Crippen molar-refractivity contribution in [3.8, 4) is 0 Å². The number of hydrogen-bond acceptors (Lipinski definition) is 4. The highest BCUT2D eigenvalue weighted by atomic mass is 16.5. The van der Waals surface area contributed by atoms with Crippen molar-refractivity contribution in [3.63, 3.8) is 0 Å². The van der Waals surface area contributed by atoms with Gasteiger partial charge < -0.3 is 15.2 Å². The molecule has 0 radical (unpaired) electrons. The highest BCUT2D eigenvalue weighted by Crippen LogP contribution is 2.51. The summed E-state index contributed by atoms with van der Waals surface area (Å²) in [4.78, 5) is 4.64. The lowest BCUT2D eigenvalue weighted by molar-refractivity contribution is 0.148. The summed E-state index contributed by atoms with van der Waals surface area (Å²) in [6.45, 7) is 12.6. The number of hydrogen-bond donors (Lipinski definition) is 2. The van der Waals surface area contributed by atoms with Crippen LogP contribution in [-0.2, 0) is 10.2 Å². The lowest BCUT2D eigenvalue weighted by Crippen LogP contribution is -2.41. The summed E-state index contributed by atoms with van der Waals surface area (Å²) < 4.78 is 5.07. The number of benzene rings is 1. The second-order valence-electron chi connectivity index (χ2n) is 7.57. The van der Waals surface area contributed by atoms with E-state index in [2.05, 4.69) is 43.4 Å². The van der Waals surface area contributed by atoms with Gasteiger partial charge in [0.25, 0.3) is 0 Å². The lowest BCUT2D eigenvalue weighted by Gasteiger charge is -2.42. The summed E-state index contributed by atoms with van der Waals surface area (Å²) >= 11 is 0. The van der Waals surface area contributed by atoms with Crippen LogP contribution in [0.25, 0.3) is 16.6 Å². The Labute approximate surface area is 159 Å². The van der Waals surface area contributed by atoms with Crippen LogP contribution in [0.15, 0.2) is 67.1 Å². The van der Waals surface area contributed by atoms with Crippen molar-refractivity contribution < 1.29 is 9.84 Å². The van der Waals surface area contributed by atoms with Crippen LogP contribution in [0.1, 0.15) is 36.6 Å². The molecule has 1 aliphatic carbocycles. The minimum absolute atomic E-state index is 0.280. The van der Waals surface area contributed by atoms with E-state index in [-0.39, 0.29) is 11.5 Å². The van der Waals surface area contributed by atoms with E-state index in [1.54, 1.807) is 25.6 Å². The van der Waals surface area contributed by atoms with Gasteiger partial charge in [-0.3, -0.25) is 4.98 Å². The number of allylic oxidation sites excluding steroid dienone is 3. The van der Waals surface area contributed by atoms with Crippen LogP contribution in [0, 0.1) is 0 Å². The lowest BCUT2D eigenvalue weighted by atomic mass is 9.66. The van der Waals surface area contributed by atoms with Gasteiger partial charge in [0.05, 0.1) is 24.9 Å². The summed E-state index contributed by atoms with van der Waals surface area (Å²) in [5.74, 6) is 0. The van der Waals surface area contributed by atoms with Crippen LogP contribution in [0.5, 0.6) is 0 Å². The predicted molar refractivity (Wildman–Crippen MR) is 109 cm³/mol. The van der Waals surface area contributed by atoms with Crippen molar-refractivity contribution in [2.24, 2.45) is 0 Å². The Bertz CT molecular complexity index is 1030. The first-order valence-electron chi connectivity index (χ1n) is 9.04. The number of aliphatic hydroxyl groups excluding tert-OH is 1. The van der Waals surface area contributed by atoms with E-state index in [0.717, 1.165) is 38.9 Å². The average Bonchev–Trinajstić information content (AvgIpc) is 2.66. The number of aromatic nitrogens is 1. The zero-order chi connectivity index (χ0) is 19.3. The Balaban J connectivity index is 2.12. The normalized spacial score (nSPS) is 22.7. The van der Waals surface area contributed by atoms with Gasteiger partial charge in [0.2, 0.25) is 0 Å². The van der Waals surface area contributed by atoms with Crippen LogP contribution < -0.4 is 5.32 Å². The molecule has 138 valence electrons. The molecule has 4 nitrogen and oxygen atoms in total. The Kier molecular flexibility index (Phi) is 3.97. The van der Waals surface area contributed by atoms with Gasteiger partial charge in [0.1, 0.15) is 6.10 Å². The largest absolute Gasteiger partial charge is 0.505 e. The highest BCUT2D eigenvalue weighted by molar-refractivity contribution is 6.01. The summed E-state index contributed by atoms with van der Waals surface area (Å²) in [6.07, 6.45) is 6.27. The molecular formula is C23H24N2O2. The maximum absolute atomic E-state index is 11.0. The third kappa shape index (κ3) is 2.37. The molecule has 0 amide bonds. The number of ether oxygens (including phenoxy) is 1. The molecule has 1 aromatic carbocycles. The van der Waals surface area contributed by atoms with E-state index in [1.807, 2.05) is 18.2 Å². The molecule has 2 aliphatic rings. The van der Waals surface area contributed by atoms with Crippen LogP contribution in [0.3, 0.4) is 0 Å². The standard InChI is InChI=1S/C23H24N2O2/c1-6-13(2)20-21-18-14(22(26)17(25-21)10-11-27-5)12-24-16-9-7-8-15(19(16)18)23(20,3)4/h6-12,17,22,25-26H,1-2H2,3-5H3/b11-10+. The first kappa shape index (κ1) is 17.6. The van der Waals surface area contributed by atoms with Gasteiger partial charge in [-0.2, -0.15) is 0 Å². The first-order chi connectivity index (χ1) is 12.9. The Morgan fingerprint density at radius 3 is 2.85 bits per heavy atom. The van der Waals surface area contributed by atoms with Gasteiger partial charge >= 0.3 is 0 Å². The fourth-order valence-corrected chi connectivity index (χ4v) is 4.41. The van der Waals surface area contributed by atoms with Crippen LogP contribution in [0.4, 0.5) is 0 Å². The summed E-state index contributed by atoms with van der Waals surface area (Å²) in [7, 11) is 1.59. The quantitative estimate of drug-likeness (QED) is 0.635. The van der Waals surface area contributed by atoms with Crippen molar-refractivity contribution >= 4 is 16.6 Å². The van der Waals surface area contributed by atoms with E-state index >= 15 is 0 Å². The van der Waals surface area contributed by atoms with Gasteiger partial charge in [-0.1, -0.05) is 45.2 Å². The number of nitrogens with one attached hydrogen (secondary N) is 1. The molecule has 2 aromatic rings. The Morgan fingerprint density at radius 2 is 2.15 bits per heavy atom. The maximum Gasteiger partial charge on any atom is 0.105 e. The average molecular weight is 360 g/mol. The monoisotopic (exact) mass is 360 g/mol. The second kappa shape index (κ2) is 6.10. The molecule has 0 saturated carbocycles. The molecule has 4 rings (SSSR count). The van der Waals surface area contributed by atoms with Gasteiger partial charge in [0.15, 0.2) is 0 Å². The fraction of sp³-hybridized carbons (Fsp3) is 0.261. The van der Waals surface area contributed by atoms with Gasteiger partial charge in [-0.05, 0) is 28.9 Å². The molecule has 0 fully saturated rings. The molecule has 2 heterocycles. The smallest absolute Gasteiger partial charge is 0.105 e. The molecule has 2 N–H and O–H groups in total. The van der Waals surface area contributed by atoms with Crippen molar-refractivity contribution in [1.82, 2.24) is 10.3 Å². The molecule has 4 heteroatoms. The minimum Gasteiger partial charge on any atom is -0.505 e. The Morgan fingerprint density at radius 1 is 1.37 bits per heavy atom. The van der Waals surface area contributed by atoms with Crippen molar-refractivity contribution in [2.45, 2.75) is 31.4 Å². The second-order valence-corrected chi connectivity index (χ2v) is 7.57. The van der Waals surface area contributed by atoms with Crippen molar-refractivity contribution in [2.75, 3.05) is 7.11 Å². The topological polar surface area (TPSA) is 54.4 Å². The van der Waals surface area contributed by atoms with Gasteiger partial charge in [0, 0.05) is 33.8 Å². The van der Waals surface area contributed by atoms with Crippen LogP contribution in [0.2, 0.25) is 0 Å². The maximum atomic E-state index is 11.0. The molecule has 1 aliphatic heterocycles. The number of pyridine rings is 1. The molecule has 2 atom stereocenters. The van der Waals surface area contributed by atoms with Crippen LogP contribution >= 0.6 is 0 Å². The third-order valence-corrected chi connectivity index (χ3v) is 5.68. The number of nitrogens with zero attached hydrogens (tertiary/aromatic N) is 1. The minimum atomic E-state index is -0.723. The fourth-order valence-electron chi connectivity index (χ4n) is 4.41. The zero-order valence-corrected chi connectivity index (χ0v) is 15.9. The van der Waals surface area contributed by atoms with Crippen molar-refractivity contribution in [3.05, 3.63) is 83.8 Å². The van der Waals surface area contributed by atoms with Gasteiger partial charge in [-0.25, -0.2) is 0 Å². The third-order valence-electron chi connectivity index (χ3n) is 5.68. The molecule has 0 spiro atoms. The van der Waals surface area contributed by atoms with E-state index in [9.17, 15) is 5.11 Å². The van der Waals surface area contributed by atoms with Crippen LogP contribution in [-0.4, -0.2) is 23.2 Å². The summed E-state index contributed by atoms with van der Waals surface area (Å²) in [5, 5.41) is 15.6. The van der Waals surface area contributed by atoms with E-state index < -0.39 is 6.10 Å². The molecule has 0 saturated heterocycles. The van der Waals surface area contributed by atoms with Gasteiger partial charge in [-0.15, -0.1) is 0 Å². The molecule has 1 aromatic heterocycles. The summed E-state index contributed by atoms with van der Waals surface area (Å²) in [6, 6.07) is 5.87. The van der Waals surface area contributed by atoms with E-state index in [4.69, 9.17) is 4.74 Å². The molecule has 27 heavy (non-hydrogen) atoms. The molecule has 2 unspecified atom stereocenters. The summed E-state index contributed by atoms with van der Waals surface area (Å²) in [5.41, 5.74) is 6.62. The van der Waals surface area contributed by atoms with Crippen molar-refractivity contribution in [1.29, 1.82) is 0 Å². The zero-order valence-electron chi connectivity index (χ0n) is 15.9. The first-order valence-corrected chi connectivity index (χ1v) is 9.04. The predicted octanol–water partition coefficient (Wildman–Crippen LogP) is 4.14. The number of rotatable bonds is 4. The number of aliphatic hydroxyl groups is 1. The number of methoxy groups -OCH3 is 1. The highest BCUT2D eigenvalue weighted by Gasteiger charge is 2.42. The van der Waals surface area contributed by atoms with E-state index in [1.165, 1.54) is 5.56 Å². The molecule has 0 bridgehead atoms. The Hall–Kier alpha value is -2.85.